The minimum atomic E-state index is -0.303. The molecule has 2 aromatic carbocycles. The Balaban J connectivity index is 1.65. The Kier molecular flexibility index (Phi) is 2.72. The summed E-state index contributed by atoms with van der Waals surface area (Å²) in [6, 6.07) is 18.1. The minimum absolute atomic E-state index is 0.303. The predicted molar refractivity (Wildman–Crippen MR) is 102 cm³/mol. The van der Waals surface area contributed by atoms with Crippen LogP contribution in [0, 0.1) is 0 Å². The summed E-state index contributed by atoms with van der Waals surface area (Å²) in [4.78, 5) is 26.1. The van der Waals surface area contributed by atoms with Gasteiger partial charge in [-0.25, -0.2) is 9.97 Å². The van der Waals surface area contributed by atoms with Crippen molar-refractivity contribution in [3.05, 3.63) is 87.8 Å². The smallest absolute Gasteiger partial charge is 0.300 e. The van der Waals surface area contributed by atoms with Crippen LogP contribution in [0.15, 0.2) is 65.7 Å². The van der Waals surface area contributed by atoms with Crippen molar-refractivity contribution in [2.45, 2.75) is 6.54 Å². The summed E-state index contributed by atoms with van der Waals surface area (Å²) in [6.45, 7) is 0.570. The molecule has 0 atom stereocenters. The summed E-state index contributed by atoms with van der Waals surface area (Å²) in [5, 5.41) is 0.925. The lowest BCUT2D eigenvalue weighted by Crippen LogP contribution is -2.18. The molecule has 0 spiro atoms. The Morgan fingerprint density at radius 2 is 1.74 bits per heavy atom. The van der Waals surface area contributed by atoms with Gasteiger partial charge in [-0.15, -0.1) is 0 Å². The number of fused-ring (bicyclic) bond motifs is 7. The molecule has 0 radical (unpaired) electrons. The Labute approximate surface area is 153 Å². The first-order valence-electron chi connectivity index (χ1n) is 8.72. The average molecular weight is 351 g/mol. The standard InChI is InChI=1S/C21H13N5O/c27-20-18-19(22-12-25(18)11-13-6-2-1-3-7-13)26-16-10-14-8-4-5-9-15(14)17(16)23-21(26)24-20/h1-10,12H,11H2. The summed E-state index contributed by atoms with van der Waals surface area (Å²) >= 11 is 0. The van der Waals surface area contributed by atoms with Crippen molar-refractivity contribution in [3.8, 4) is 11.3 Å². The van der Waals surface area contributed by atoms with Crippen LogP contribution in [0.2, 0.25) is 0 Å². The second-order valence-corrected chi connectivity index (χ2v) is 6.66. The normalized spacial score (nSPS) is 12.3. The van der Waals surface area contributed by atoms with Gasteiger partial charge in [-0.05, 0) is 17.2 Å². The van der Waals surface area contributed by atoms with Crippen LogP contribution >= 0.6 is 0 Å². The molecule has 3 aromatic heterocycles. The van der Waals surface area contributed by atoms with Gasteiger partial charge in [0.1, 0.15) is 0 Å². The van der Waals surface area contributed by atoms with Gasteiger partial charge >= 0.3 is 5.56 Å². The SMILES string of the molecule is O=c1nc2nc3c(n2c2ncn(Cc4ccccc4)c12)=Cc1ccccc1-3. The summed E-state index contributed by atoms with van der Waals surface area (Å²) in [6.07, 6.45) is 3.78. The number of aromatic nitrogens is 5. The molecule has 6 heteroatoms. The molecule has 1 aliphatic rings. The third-order valence-corrected chi connectivity index (χ3v) is 5.03. The van der Waals surface area contributed by atoms with E-state index in [1.807, 2.05) is 57.5 Å². The fourth-order valence-electron chi connectivity index (χ4n) is 3.82. The van der Waals surface area contributed by atoms with Gasteiger partial charge < -0.3 is 4.57 Å². The maximum Gasteiger partial charge on any atom is 0.300 e. The first-order valence-corrected chi connectivity index (χ1v) is 8.72. The summed E-state index contributed by atoms with van der Waals surface area (Å²) in [5.41, 5.74) is 4.92. The van der Waals surface area contributed by atoms with Gasteiger partial charge in [0.25, 0.3) is 0 Å². The van der Waals surface area contributed by atoms with Crippen molar-refractivity contribution in [3.63, 3.8) is 0 Å². The van der Waals surface area contributed by atoms with Gasteiger partial charge in [-0.2, -0.15) is 4.98 Å². The molecule has 1 aliphatic carbocycles. The highest BCUT2D eigenvalue weighted by molar-refractivity contribution is 5.83. The zero-order valence-electron chi connectivity index (χ0n) is 14.2. The van der Waals surface area contributed by atoms with Crippen LogP contribution in [0.5, 0.6) is 0 Å². The van der Waals surface area contributed by atoms with E-state index in [0.29, 0.717) is 23.5 Å². The van der Waals surface area contributed by atoms with E-state index in [2.05, 4.69) is 27.1 Å². The van der Waals surface area contributed by atoms with E-state index in [9.17, 15) is 4.79 Å². The van der Waals surface area contributed by atoms with Crippen LogP contribution in [-0.2, 0) is 6.54 Å². The molecule has 0 aliphatic heterocycles. The monoisotopic (exact) mass is 351 g/mol. The molecular formula is C21H13N5O. The molecule has 0 bridgehead atoms. The Morgan fingerprint density at radius 3 is 2.63 bits per heavy atom. The fourth-order valence-corrected chi connectivity index (χ4v) is 3.82. The molecule has 0 N–H and O–H groups in total. The molecule has 3 heterocycles. The molecule has 27 heavy (non-hydrogen) atoms. The van der Waals surface area contributed by atoms with Crippen LogP contribution in [0.3, 0.4) is 0 Å². The molecule has 0 fully saturated rings. The molecule has 0 amide bonds. The van der Waals surface area contributed by atoms with Crippen molar-refractivity contribution in [1.29, 1.82) is 0 Å². The van der Waals surface area contributed by atoms with Gasteiger partial charge in [-0.3, -0.25) is 9.20 Å². The van der Waals surface area contributed by atoms with Crippen LogP contribution in [0.4, 0.5) is 0 Å². The molecular weight excluding hydrogens is 338 g/mol. The van der Waals surface area contributed by atoms with Gasteiger partial charge in [0, 0.05) is 12.1 Å². The van der Waals surface area contributed by atoms with Crippen molar-refractivity contribution < 1.29 is 0 Å². The van der Waals surface area contributed by atoms with Crippen molar-refractivity contribution in [2.75, 3.05) is 0 Å². The quantitative estimate of drug-likeness (QED) is 0.479. The Hall–Kier alpha value is -3.80. The maximum atomic E-state index is 12.7. The lowest BCUT2D eigenvalue weighted by atomic mass is 10.1. The zero-order chi connectivity index (χ0) is 18.0. The molecule has 0 saturated heterocycles. The van der Waals surface area contributed by atoms with Gasteiger partial charge in [0.15, 0.2) is 11.2 Å². The topological polar surface area (TPSA) is 65.1 Å². The van der Waals surface area contributed by atoms with E-state index in [1.165, 1.54) is 0 Å². The molecule has 6 rings (SSSR count). The molecule has 6 nitrogen and oxygen atoms in total. The first kappa shape index (κ1) is 14.4. The lowest BCUT2D eigenvalue weighted by molar-refractivity contribution is 0.820. The highest BCUT2D eigenvalue weighted by Gasteiger charge is 2.21. The Bertz CT molecular complexity index is 1460. The first-order chi connectivity index (χ1) is 13.3. The summed E-state index contributed by atoms with van der Waals surface area (Å²) in [7, 11) is 0. The van der Waals surface area contributed by atoms with E-state index < -0.39 is 0 Å². The van der Waals surface area contributed by atoms with Crippen molar-refractivity contribution in [1.82, 2.24) is 23.9 Å². The molecule has 0 unspecified atom stereocenters. The van der Waals surface area contributed by atoms with Crippen molar-refractivity contribution >= 4 is 23.0 Å². The van der Waals surface area contributed by atoms with E-state index in [0.717, 1.165) is 27.7 Å². The second kappa shape index (κ2) is 5.11. The number of hydrogen-bond acceptors (Lipinski definition) is 4. The van der Waals surface area contributed by atoms with E-state index in [-0.39, 0.29) is 5.56 Å². The van der Waals surface area contributed by atoms with Crippen LogP contribution in [0.1, 0.15) is 11.1 Å². The van der Waals surface area contributed by atoms with Crippen LogP contribution in [0.25, 0.3) is 34.3 Å². The van der Waals surface area contributed by atoms with Gasteiger partial charge in [0.2, 0.25) is 5.78 Å². The van der Waals surface area contributed by atoms with E-state index in [4.69, 9.17) is 0 Å². The number of hydrogen-bond donors (Lipinski definition) is 0. The zero-order valence-corrected chi connectivity index (χ0v) is 14.2. The fraction of sp³-hybridized carbons (Fsp3) is 0.0476. The van der Waals surface area contributed by atoms with Crippen molar-refractivity contribution in [2.24, 2.45) is 0 Å². The molecule has 0 saturated carbocycles. The summed E-state index contributed by atoms with van der Waals surface area (Å²) in [5.74, 6) is 0.396. The number of imidazole rings is 2. The third-order valence-electron chi connectivity index (χ3n) is 5.03. The minimum Gasteiger partial charge on any atom is -0.320 e. The second-order valence-electron chi connectivity index (χ2n) is 6.66. The lowest BCUT2D eigenvalue weighted by Gasteiger charge is -2.03. The summed E-state index contributed by atoms with van der Waals surface area (Å²) < 4.78 is 3.74. The number of nitrogens with zero attached hydrogens (tertiary/aromatic N) is 5. The van der Waals surface area contributed by atoms with Gasteiger partial charge in [-0.1, -0.05) is 54.6 Å². The highest BCUT2D eigenvalue weighted by Crippen LogP contribution is 2.26. The van der Waals surface area contributed by atoms with Gasteiger partial charge in [0.05, 0.1) is 17.4 Å². The molecule has 128 valence electrons. The van der Waals surface area contributed by atoms with Crippen LogP contribution < -0.4 is 10.9 Å². The Morgan fingerprint density at radius 1 is 0.926 bits per heavy atom. The number of rotatable bonds is 2. The van der Waals surface area contributed by atoms with E-state index >= 15 is 0 Å². The molecule has 5 aromatic rings. The largest absolute Gasteiger partial charge is 0.320 e. The third kappa shape index (κ3) is 1.95. The maximum absolute atomic E-state index is 12.7. The predicted octanol–water partition coefficient (Wildman–Crippen LogP) is 2.02. The van der Waals surface area contributed by atoms with Crippen LogP contribution in [-0.4, -0.2) is 23.9 Å². The average Bonchev–Trinajstić information content (AvgIpc) is 3.35. The van der Waals surface area contributed by atoms with E-state index in [1.54, 1.807) is 6.33 Å². The highest BCUT2D eigenvalue weighted by atomic mass is 16.1. The number of benzene rings is 2.